The van der Waals surface area contributed by atoms with Gasteiger partial charge < -0.3 is 9.88 Å². The SMILES string of the molecule is CCn1c(S[C@H](C)C(=O)NC23CC4CC(CC(C4)C2)C3)nnc1-c1ccccc1. The molecule has 6 rings (SSSR count). The molecule has 0 radical (unpaired) electrons. The summed E-state index contributed by atoms with van der Waals surface area (Å²) in [6.07, 6.45) is 7.73. The predicted octanol–water partition coefficient (Wildman–Crippen LogP) is 4.53. The Kier molecular flexibility index (Phi) is 4.93. The van der Waals surface area contributed by atoms with Gasteiger partial charge in [-0.3, -0.25) is 4.79 Å². The number of carbonyl (C=O) groups is 1. The molecule has 5 nitrogen and oxygen atoms in total. The predicted molar refractivity (Wildman–Crippen MR) is 115 cm³/mol. The van der Waals surface area contributed by atoms with E-state index >= 15 is 0 Å². The molecule has 0 aliphatic heterocycles. The number of benzene rings is 1. The third kappa shape index (κ3) is 3.60. The van der Waals surface area contributed by atoms with Crippen molar-refractivity contribution in [1.82, 2.24) is 20.1 Å². The van der Waals surface area contributed by atoms with Crippen LogP contribution in [0.5, 0.6) is 0 Å². The Bertz CT molecular complexity index is 858. The van der Waals surface area contributed by atoms with Crippen LogP contribution < -0.4 is 5.32 Å². The highest BCUT2D eigenvalue weighted by Crippen LogP contribution is 2.55. The molecular formula is C23H30N4OS. The first-order valence-electron chi connectivity index (χ1n) is 11.0. The molecule has 4 fully saturated rings. The molecule has 4 bridgehead atoms. The Labute approximate surface area is 177 Å². The Morgan fingerprint density at radius 1 is 1.14 bits per heavy atom. The van der Waals surface area contributed by atoms with Gasteiger partial charge in [-0.2, -0.15) is 0 Å². The molecule has 0 saturated heterocycles. The van der Waals surface area contributed by atoms with E-state index in [0.717, 1.165) is 40.8 Å². The Hall–Kier alpha value is -1.82. The summed E-state index contributed by atoms with van der Waals surface area (Å²) in [7, 11) is 0. The molecule has 0 spiro atoms. The van der Waals surface area contributed by atoms with Crippen LogP contribution in [0.25, 0.3) is 11.4 Å². The lowest BCUT2D eigenvalue weighted by atomic mass is 9.53. The molecule has 4 aliphatic rings. The average Bonchev–Trinajstić information content (AvgIpc) is 3.09. The van der Waals surface area contributed by atoms with Crippen molar-refractivity contribution in [2.75, 3.05) is 0 Å². The van der Waals surface area contributed by atoms with Crippen molar-refractivity contribution >= 4 is 17.7 Å². The number of thioether (sulfide) groups is 1. The minimum atomic E-state index is -0.180. The molecule has 1 heterocycles. The molecule has 29 heavy (non-hydrogen) atoms. The lowest BCUT2D eigenvalue weighted by Crippen LogP contribution is -2.60. The maximum Gasteiger partial charge on any atom is 0.233 e. The van der Waals surface area contributed by atoms with Crippen LogP contribution in [0, 0.1) is 17.8 Å². The molecule has 1 aromatic heterocycles. The van der Waals surface area contributed by atoms with E-state index in [1.807, 2.05) is 37.3 Å². The fourth-order valence-corrected chi connectivity index (χ4v) is 7.21. The van der Waals surface area contributed by atoms with Gasteiger partial charge in [0.05, 0.1) is 5.25 Å². The van der Waals surface area contributed by atoms with Crippen LogP contribution in [-0.4, -0.2) is 31.5 Å². The second kappa shape index (κ2) is 7.46. The molecule has 2 aromatic rings. The van der Waals surface area contributed by atoms with Crippen molar-refractivity contribution in [3.05, 3.63) is 30.3 Å². The minimum absolute atomic E-state index is 0.0638. The number of hydrogen-bond acceptors (Lipinski definition) is 4. The van der Waals surface area contributed by atoms with E-state index < -0.39 is 0 Å². The van der Waals surface area contributed by atoms with E-state index in [9.17, 15) is 4.79 Å². The summed E-state index contributed by atoms with van der Waals surface area (Å²) >= 11 is 1.52. The van der Waals surface area contributed by atoms with Gasteiger partial charge in [-0.15, -0.1) is 10.2 Å². The van der Waals surface area contributed by atoms with Gasteiger partial charge in [0.15, 0.2) is 11.0 Å². The van der Waals surface area contributed by atoms with Gasteiger partial charge in [-0.1, -0.05) is 42.1 Å². The smallest absolute Gasteiger partial charge is 0.233 e. The topological polar surface area (TPSA) is 59.8 Å². The van der Waals surface area contributed by atoms with Gasteiger partial charge in [-0.05, 0) is 70.1 Å². The molecule has 154 valence electrons. The average molecular weight is 411 g/mol. The number of nitrogens with zero attached hydrogens (tertiary/aromatic N) is 3. The number of rotatable bonds is 6. The maximum absolute atomic E-state index is 13.1. The first-order chi connectivity index (χ1) is 14.0. The molecule has 4 saturated carbocycles. The summed E-state index contributed by atoms with van der Waals surface area (Å²) in [5.41, 5.74) is 1.12. The van der Waals surface area contributed by atoms with E-state index in [1.165, 1.54) is 50.3 Å². The van der Waals surface area contributed by atoms with Gasteiger partial charge >= 0.3 is 0 Å². The number of nitrogens with one attached hydrogen (secondary N) is 1. The van der Waals surface area contributed by atoms with Crippen molar-refractivity contribution in [1.29, 1.82) is 0 Å². The van der Waals surface area contributed by atoms with Crippen LogP contribution in [0.3, 0.4) is 0 Å². The van der Waals surface area contributed by atoms with Gasteiger partial charge in [0.2, 0.25) is 5.91 Å². The normalized spacial score (nSPS) is 31.0. The zero-order valence-electron chi connectivity index (χ0n) is 17.3. The highest BCUT2D eigenvalue weighted by Gasteiger charge is 2.51. The van der Waals surface area contributed by atoms with Crippen LogP contribution >= 0.6 is 11.8 Å². The van der Waals surface area contributed by atoms with E-state index in [0.29, 0.717) is 0 Å². The first kappa shape index (κ1) is 19.2. The molecular weight excluding hydrogens is 380 g/mol. The van der Waals surface area contributed by atoms with Gasteiger partial charge in [0.25, 0.3) is 0 Å². The van der Waals surface area contributed by atoms with Crippen LogP contribution in [0.15, 0.2) is 35.5 Å². The Morgan fingerprint density at radius 2 is 1.76 bits per heavy atom. The van der Waals surface area contributed by atoms with Crippen LogP contribution in [0.1, 0.15) is 52.4 Å². The maximum atomic E-state index is 13.1. The third-order valence-corrected chi connectivity index (χ3v) is 8.22. The van der Waals surface area contributed by atoms with Crippen LogP contribution in [0.2, 0.25) is 0 Å². The zero-order chi connectivity index (χ0) is 20.0. The van der Waals surface area contributed by atoms with Gasteiger partial charge in [-0.25, -0.2) is 0 Å². The number of carbonyl (C=O) groups excluding carboxylic acids is 1. The highest BCUT2D eigenvalue weighted by atomic mass is 32.2. The quantitative estimate of drug-likeness (QED) is 0.711. The highest BCUT2D eigenvalue weighted by molar-refractivity contribution is 8.00. The number of amides is 1. The van der Waals surface area contributed by atoms with Crippen molar-refractivity contribution in [2.24, 2.45) is 17.8 Å². The fourth-order valence-electron chi connectivity index (χ4n) is 6.30. The second-order valence-corrected chi connectivity index (χ2v) is 10.7. The molecule has 1 aromatic carbocycles. The summed E-state index contributed by atoms with van der Waals surface area (Å²) in [5.74, 6) is 3.52. The molecule has 1 N–H and O–H groups in total. The largest absolute Gasteiger partial charge is 0.350 e. The summed E-state index contributed by atoms with van der Waals surface area (Å²) in [5, 5.41) is 13.0. The third-order valence-electron chi connectivity index (χ3n) is 7.14. The molecule has 1 amide bonds. The summed E-state index contributed by atoms with van der Waals surface area (Å²) in [6.45, 7) is 4.88. The fraction of sp³-hybridized carbons (Fsp3) is 0.609. The molecule has 6 heteroatoms. The Morgan fingerprint density at radius 3 is 2.34 bits per heavy atom. The molecule has 0 unspecified atom stereocenters. The summed E-state index contributed by atoms with van der Waals surface area (Å²) in [6, 6.07) is 10.1. The van der Waals surface area contributed by atoms with E-state index in [4.69, 9.17) is 0 Å². The lowest BCUT2D eigenvalue weighted by Gasteiger charge is -2.57. The van der Waals surface area contributed by atoms with Crippen molar-refractivity contribution in [2.45, 2.75) is 74.9 Å². The van der Waals surface area contributed by atoms with Crippen molar-refractivity contribution in [3.8, 4) is 11.4 Å². The monoisotopic (exact) mass is 410 g/mol. The van der Waals surface area contributed by atoms with E-state index in [-0.39, 0.29) is 16.7 Å². The first-order valence-corrected chi connectivity index (χ1v) is 11.9. The zero-order valence-corrected chi connectivity index (χ0v) is 18.1. The second-order valence-electron chi connectivity index (χ2n) is 9.36. The van der Waals surface area contributed by atoms with Gasteiger partial charge in [0, 0.05) is 17.6 Å². The van der Waals surface area contributed by atoms with Crippen LogP contribution in [-0.2, 0) is 11.3 Å². The van der Waals surface area contributed by atoms with Gasteiger partial charge in [0.1, 0.15) is 0 Å². The van der Waals surface area contributed by atoms with Crippen molar-refractivity contribution in [3.63, 3.8) is 0 Å². The minimum Gasteiger partial charge on any atom is -0.350 e. The molecule has 4 aliphatic carbocycles. The summed E-state index contributed by atoms with van der Waals surface area (Å²) < 4.78 is 2.11. The van der Waals surface area contributed by atoms with E-state index in [2.05, 4.69) is 27.0 Å². The lowest BCUT2D eigenvalue weighted by molar-refractivity contribution is -0.126. The van der Waals surface area contributed by atoms with Crippen molar-refractivity contribution < 1.29 is 4.79 Å². The standard InChI is InChI=1S/C23H30N4OS/c1-3-27-20(19-7-5-4-6-8-19)25-26-22(27)29-15(2)21(28)24-23-12-16-9-17(13-23)11-18(10-16)14-23/h4-8,15-18H,3,9-14H2,1-2H3,(H,24,28)/t15-,16?,17?,18?,23?/m1/s1. The van der Waals surface area contributed by atoms with E-state index in [1.54, 1.807) is 0 Å². The van der Waals surface area contributed by atoms with Crippen LogP contribution in [0.4, 0.5) is 0 Å². The Balaban J connectivity index is 1.29. The summed E-state index contributed by atoms with van der Waals surface area (Å²) in [4.78, 5) is 13.1. The number of aromatic nitrogens is 3. The molecule has 1 atom stereocenters. The number of hydrogen-bond donors (Lipinski definition) is 1.